The number of nitrogens with zero attached hydrogens (tertiary/aromatic N) is 1. The highest BCUT2D eigenvalue weighted by atomic mass is 28.4. The van der Waals surface area contributed by atoms with Crippen molar-refractivity contribution in [1.29, 1.82) is 0 Å². The maximum Gasteiger partial charge on any atom is 0.306 e. The number of esters is 2. The molecule has 1 atom stereocenters. The van der Waals surface area contributed by atoms with Gasteiger partial charge in [-0.15, -0.1) is 0 Å². The quantitative estimate of drug-likeness (QED) is 0.229. The number of hydrogen-bond acceptors (Lipinski definition) is 7. The topological polar surface area (TPSA) is 87.9 Å². The number of hydrogen-bond donors (Lipinski definition) is 0. The molecule has 3 aromatic rings. The molecular formula is C31H41NO6Si. The molecule has 0 amide bonds. The van der Waals surface area contributed by atoms with E-state index >= 15 is 0 Å². The first-order valence-electron chi connectivity index (χ1n) is 13.4. The zero-order chi connectivity index (χ0) is 28.7. The van der Waals surface area contributed by atoms with Crippen LogP contribution in [0.3, 0.4) is 0 Å². The summed E-state index contributed by atoms with van der Waals surface area (Å²) < 4.78 is 23.1. The van der Waals surface area contributed by atoms with Crippen LogP contribution in [0.1, 0.15) is 78.7 Å². The lowest BCUT2D eigenvalue weighted by Crippen LogP contribution is -2.66. The van der Waals surface area contributed by atoms with Crippen molar-refractivity contribution in [2.24, 2.45) is 0 Å². The van der Waals surface area contributed by atoms with Gasteiger partial charge in [0.05, 0.1) is 12.1 Å². The molecule has 0 fully saturated rings. The molecule has 1 heterocycles. The average molecular weight is 552 g/mol. The minimum Gasteiger partial charge on any atom is -0.460 e. The molecule has 0 unspecified atom stereocenters. The maximum absolute atomic E-state index is 12.8. The largest absolute Gasteiger partial charge is 0.460 e. The Bertz CT molecular complexity index is 1170. The molecule has 0 saturated heterocycles. The summed E-state index contributed by atoms with van der Waals surface area (Å²) in [5, 5.41) is 6.42. The molecule has 0 aliphatic heterocycles. The fourth-order valence-corrected chi connectivity index (χ4v) is 9.40. The number of carbonyl (C=O) groups excluding carboxylic acids is 2. The van der Waals surface area contributed by atoms with Crippen LogP contribution in [0.5, 0.6) is 0 Å². The number of rotatable bonds is 11. The Morgan fingerprint density at radius 2 is 1.49 bits per heavy atom. The first-order chi connectivity index (χ1) is 18.3. The molecule has 210 valence electrons. The molecule has 0 N–H and O–H groups in total. The third-order valence-corrected chi connectivity index (χ3v) is 11.5. The lowest BCUT2D eigenvalue weighted by molar-refractivity contribution is -0.155. The fraction of sp³-hybridized carbons (Fsp3) is 0.452. The summed E-state index contributed by atoms with van der Waals surface area (Å²) in [5.74, 6) is -0.602. The Hall–Kier alpha value is -3.23. The second-order valence-corrected chi connectivity index (χ2v) is 16.1. The van der Waals surface area contributed by atoms with Gasteiger partial charge in [-0.05, 0) is 42.6 Å². The molecule has 7 nitrogen and oxygen atoms in total. The van der Waals surface area contributed by atoms with E-state index in [0.717, 1.165) is 0 Å². The molecule has 1 aromatic heterocycles. The van der Waals surface area contributed by atoms with Crippen LogP contribution in [0.4, 0.5) is 0 Å². The molecule has 0 aliphatic rings. The summed E-state index contributed by atoms with van der Waals surface area (Å²) in [6.45, 7) is 14.0. The summed E-state index contributed by atoms with van der Waals surface area (Å²) in [4.78, 5) is 24.1. The van der Waals surface area contributed by atoms with Crippen molar-refractivity contribution in [2.45, 2.75) is 84.5 Å². The first kappa shape index (κ1) is 30.3. The molecule has 2 aromatic carbocycles. The van der Waals surface area contributed by atoms with Gasteiger partial charge in [0.1, 0.15) is 5.60 Å². The second-order valence-electron chi connectivity index (χ2n) is 11.8. The minimum atomic E-state index is -2.73. The van der Waals surface area contributed by atoms with Crippen molar-refractivity contribution < 1.29 is 28.0 Å². The van der Waals surface area contributed by atoms with E-state index in [1.54, 1.807) is 6.07 Å². The lowest BCUT2D eigenvalue weighted by Gasteiger charge is -2.43. The molecule has 39 heavy (non-hydrogen) atoms. The van der Waals surface area contributed by atoms with E-state index in [9.17, 15) is 9.59 Å². The predicted octanol–water partition coefficient (Wildman–Crippen LogP) is 5.52. The van der Waals surface area contributed by atoms with Gasteiger partial charge < -0.3 is 18.4 Å². The Morgan fingerprint density at radius 3 is 1.97 bits per heavy atom. The molecule has 0 saturated carbocycles. The monoisotopic (exact) mass is 551 g/mol. The Morgan fingerprint density at radius 1 is 0.923 bits per heavy atom. The van der Waals surface area contributed by atoms with Gasteiger partial charge >= 0.3 is 11.9 Å². The van der Waals surface area contributed by atoms with Crippen molar-refractivity contribution in [3.63, 3.8) is 0 Å². The Balaban J connectivity index is 1.91. The summed E-state index contributed by atoms with van der Waals surface area (Å²) in [5.41, 5.74) is 0.00578. The van der Waals surface area contributed by atoms with Gasteiger partial charge in [0, 0.05) is 25.5 Å². The third-order valence-electron chi connectivity index (χ3n) is 6.45. The van der Waals surface area contributed by atoms with E-state index in [2.05, 4.69) is 74.5 Å². The van der Waals surface area contributed by atoms with Crippen LogP contribution in [0.15, 0.2) is 71.3 Å². The van der Waals surface area contributed by atoms with Crippen molar-refractivity contribution in [1.82, 2.24) is 5.16 Å². The van der Waals surface area contributed by atoms with E-state index in [1.807, 2.05) is 32.9 Å². The van der Waals surface area contributed by atoms with Crippen LogP contribution in [-0.4, -0.2) is 37.6 Å². The Labute approximate surface area is 233 Å². The van der Waals surface area contributed by atoms with Crippen LogP contribution in [0.25, 0.3) is 0 Å². The van der Waals surface area contributed by atoms with Crippen LogP contribution in [0.2, 0.25) is 5.04 Å². The number of carbonyl (C=O) groups is 2. The van der Waals surface area contributed by atoms with Crippen LogP contribution in [0, 0.1) is 0 Å². The van der Waals surface area contributed by atoms with Crippen molar-refractivity contribution >= 4 is 30.6 Å². The lowest BCUT2D eigenvalue weighted by atomic mass is 9.97. The van der Waals surface area contributed by atoms with Crippen molar-refractivity contribution in [3.8, 4) is 0 Å². The van der Waals surface area contributed by atoms with Gasteiger partial charge in [-0.25, -0.2) is 0 Å². The molecule has 0 aliphatic carbocycles. The van der Waals surface area contributed by atoms with E-state index in [0.29, 0.717) is 24.5 Å². The van der Waals surface area contributed by atoms with Crippen molar-refractivity contribution in [2.75, 3.05) is 6.61 Å². The molecule has 0 spiro atoms. The van der Waals surface area contributed by atoms with Gasteiger partial charge in [-0.3, -0.25) is 9.59 Å². The highest BCUT2D eigenvalue weighted by Crippen LogP contribution is 2.37. The van der Waals surface area contributed by atoms with Crippen LogP contribution < -0.4 is 10.4 Å². The molecule has 0 radical (unpaired) electrons. The normalized spacial score (nSPS) is 13.1. The second kappa shape index (κ2) is 12.7. The van der Waals surface area contributed by atoms with Crippen molar-refractivity contribution in [3.05, 3.63) is 78.2 Å². The Kier molecular flexibility index (Phi) is 9.91. The van der Waals surface area contributed by atoms with E-state index in [-0.39, 0.29) is 30.0 Å². The molecule has 8 heteroatoms. The summed E-state index contributed by atoms with van der Waals surface area (Å²) in [6.07, 6.45) is 0.657. The van der Waals surface area contributed by atoms with E-state index in [1.165, 1.54) is 17.3 Å². The summed E-state index contributed by atoms with van der Waals surface area (Å²) >= 11 is 0. The van der Waals surface area contributed by atoms with Gasteiger partial charge in [-0.2, -0.15) is 0 Å². The first-order valence-corrected chi connectivity index (χ1v) is 15.3. The highest BCUT2D eigenvalue weighted by Gasteiger charge is 2.50. The third kappa shape index (κ3) is 8.13. The molecule has 0 bridgehead atoms. The predicted molar refractivity (Wildman–Crippen MR) is 153 cm³/mol. The van der Waals surface area contributed by atoms with Gasteiger partial charge in [0.15, 0.2) is 12.4 Å². The highest BCUT2D eigenvalue weighted by molar-refractivity contribution is 6.99. The zero-order valence-electron chi connectivity index (χ0n) is 24.2. The molecule has 3 rings (SSSR count). The minimum absolute atomic E-state index is 0.0138. The number of aromatic nitrogens is 1. The van der Waals surface area contributed by atoms with Gasteiger partial charge in [-0.1, -0.05) is 86.6 Å². The summed E-state index contributed by atoms with van der Waals surface area (Å²) in [7, 11) is -2.73. The standard InChI is InChI=1S/C31H41NO6Si/c1-23(33)35-22-25-21-28(32-38-25)24(20-29(34)37-30(2,3)4)18-19-36-39(31(5,6)7,26-14-10-8-11-15-26)27-16-12-9-13-17-27/h8-17,21,24H,18-20,22H2,1-7H3/t24-/m1/s1. The van der Waals surface area contributed by atoms with Gasteiger partial charge in [0.2, 0.25) is 0 Å². The number of ether oxygens (including phenoxy) is 2. The molecular weight excluding hydrogens is 510 g/mol. The zero-order valence-corrected chi connectivity index (χ0v) is 25.2. The smallest absolute Gasteiger partial charge is 0.306 e. The van der Waals surface area contributed by atoms with Crippen LogP contribution in [-0.2, 0) is 30.1 Å². The summed E-state index contributed by atoms with van der Waals surface area (Å²) in [6, 6.07) is 22.6. The van der Waals surface area contributed by atoms with E-state index in [4.69, 9.17) is 18.4 Å². The van der Waals surface area contributed by atoms with Crippen LogP contribution >= 0.6 is 0 Å². The average Bonchev–Trinajstić information content (AvgIpc) is 3.33. The SMILES string of the molecule is CC(=O)OCc1cc([C@H](CCO[Si](c2ccccc2)(c2ccccc2)C(C)(C)C)CC(=O)OC(C)(C)C)no1. The van der Waals surface area contributed by atoms with E-state index < -0.39 is 19.9 Å². The number of benzene rings is 2. The fourth-order valence-electron chi connectivity index (χ4n) is 4.82. The maximum atomic E-state index is 12.8. The van der Waals surface area contributed by atoms with Gasteiger partial charge in [0.25, 0.3) is 8.32 Å².